The summed E-state index contributed by atoms with van der Waals surface area (Å²) in [5, 5.41) is 2.46. The fraction of sp³-hybridized carbons (Fsp3) is 0.188. The second-order valence-electron chi connectivity index (χ2n) is 5.05. The molecule has 9 heteroatoms. The number of carbonyl (C=O) groups excluding carboxylic acids is 1. The first kappa shape index (κ1) is 18.6. The fourth-order valence-corrected chi connectivity index (χ4v) is 1.93. The largest absolute Gasteiger partial charge is 0.457 e. The normalized spacial score (nSPS) is 12.0. The molecule has 1 amide bonds. The number of hydrogen-bond donors (Lipinski definition) is 1. The van der Waals surface area contributed by atoms with E-state index in [1.165, 1.54) is 31.2 Å². The average molecular weight is 363 g/mol. The number of nitrogens with one attached hydrogen (secondary N) is 1. The molecular formula is C16H11F6NO2. The number of alkyl halides is 6. The standard InChI is InChI=1S/C16H11F6NO2/c1-9(24)23-12-2-4-13(5-3-12)25-14-7-10(15(17,18)19)6-11(8-14)16(20,21)22/h2-8H,1H3,(H,23,24). The van der Waals surface area contributed by atoms with Crippen LogP contribution in [0.5, 0.6) is 11.5 Å². The van der Waals surface area contributed by atoms with E-state index in [0.29, 0.717) is 17.8 Å². The predicted molar refractivity (Wildman–Crippen MR) is 77.3 cm³/mol. The average Bonchev–Trinajstić information content (AvgIpc) is 2.46. The molecule has 0 aliphatic rings. The maximum Gasteiger partial charge on any atom is 0.416 e. The Morgan fingerprint density at radius 2 is 1.32 bits per heavy atom. The van der Waals surface area contributed by atoms with Gasteiger partial charge in [-0.05, 0) is 42.5 Å². The molecule has 0 bridgehead atoms. The van der Waals surface area contributed by atoms with Gasteiger partial charge in [0.15, 0.2) is 0 Å². The van der Waals surface area contributed by atoms with Gasteiger partial charge in [0.2, 0.25) is 5.91 Å². The van der Waals surface area contributed by atoms with E-state index in [1.54, 1.807) is 0 Å². The number of rotatable bonds is 3. The van der Waals surface area contributed by atoms with Crippen molar-refractivity contribution in [3.05, 3.63) is 53.6 Å². The first-order valence-electron chi connectivity index (χ1n) is 6.80. The minimum Gasteiger partial charge on any atom is -0.457 e. The molecule has 2 aromatic carbocycles. The highest BCUT2D eigenvalue weighted by atomic mass is 19.4. The van der Waals surface area contributed by atoms with E-state index < -0.39 is 29.2 Å². The molecule has 0 radical (unpaired) electrons. The molecule has 0 saturated carbocycles. The van der Waals surface area contributed by atoms with Crippen LogP contribution >= 0.6 is 0 Å². The van der Waals surface area contributed by atoms with Crippen LogP contribution in [0.25, 0.3) is 0 Å². The summed E-state index contributed by atoms with van der Waals surface area (Å²) >= 11 is 0. The van der Waals surface area contributed by atoms with E-state index in [4.69, 9.17) is 4.74 Å². The summed E-state index contributed by atoms with van der Waals surface area (Å²) < 4.78 is 81.8. The Balaban J connectivity index is 2.33. The molecule has 25 heavy (non-hydrogen) atoms. The van der Waals surface area contributed by atoms with E-state index in [1.807, 2.05) is 0 Å². The van der Waals surface area contributed by atoms with Crippen LogP contribution in [0.4, 0.5) is 32.0 Å². The summed E-state index contributed by atoms with van der Waals surface area (Å²) in [6, 6.07) is 6.39. The molecule has 0 aliphatic carbocycles. The highest BCUT2D eigenvalue weighted by Gasteiger charge is 2.37. The lowest BCUT2D eigenvalue weighted by molar-refractivity contribution is -0.143. The summed E-state index contributed by atoms with van der Waals surface area (Å²) in [6.07, 6.45) is -9.90. The third-order valence-corrected chi connectivity index (χ3v) is 2.97. The van der Waals surface area contributed by atoms with Crippen LogP contribution in [0, 0.1) is 0 Å². The summed E-state index contributed by atoms with van der Waals surface area (Å²) in [7, 11) is 0. The first-order chi connectivity index (χ1) is 11.4. The number of halogens is 6. The SMILES string of the molecule is CC(=O)Nc1ccc(Oc2cc(C(F)(F)F)cc(C(F)(F)F)c2)cc1. The zero-order valence-corrected chi connectivity index (χ0v) is 12.6. The van der Waals surface area contributed by atoms with Gasteiger partial charge in [-0.2, -0.15) is 26.3 Å². The van der Waals surface area contributed by atoms with Gasteiger partial charge in [-0.15, -0.1) is 0 Å². The molecule has 2 rings (SSSR count). The van der Waals surface area contributed by atoms with Gasteiger partial charge >= 0.3 is 12.4 Å². The number of ether oxygens (including phenoxy) is 1. The predicted octanol–water partition coefficient (Wildman–Crippen LogP) is 5.47. The lowest BCUT2D eigenvalue weighted by Crippen LogP contribution is -2.11. The van der Waals surface area contributed by atoms with Crippen molar-refractivity contribution in [3.63, 3.8) is 0 Å². The molecule has 0 fully saturated rings. The molecular weight excluding hydrogens is 352 g/mol. The van der Waals surface area contributed by atoms with Crippen LogP contribution < -0.4 is 10.1 Å². The van der Waals surface area contributed by atoms with Crippen LogP contribution in [-0.4, -0.2) is 5.91 Å². The van der Waals surface area contributed by atoms with Crippen molar-refractivity contribution in [3.8, 4) is 11.5 Å². The van der Waals surface area contributed by atoms with E-state index in [2.05, 4.69) is 5.32 Å². The van der Waals surface area contributed by atoms with E-state index >= 15 is 0 Å². The third-order valence-electron chi connectivity index (χ3n) is 2.97. The topological polar surface area (TPSA) is 38.3 Å². The summed E-state index contributed by atoms with van der Waals surface area (Å²) in [5.74, 6) is -0.919. The summed E-state index contributed by atoms with van der Waals surface area (Å²) in [4.78, 5) is 10.9. The first-order valence-corrected chi connectivity index (χ1v) is 6.80. The van der Waals surface area contributed by atoms with Crippen molar-refractivity contribution in [2.45, 2.75) is 19.3 Å². The fourth-order valence-electron chi connectivity index (χ4n) is 1.93. The van der Waals surface area contributed by atoms with E-state index in [-0.39, 0.29) is 17.7 Å². The Kier molecular flexibility index (Phi) is 4.96. The number of hydrogen-bond acceptors (Lipinski definition) is 2. The molecule has 0 aromatic heterocycles. The van der Waals surface area contributed by atoms with Crippen molar-refractivity contribution in [1.82, 2.24) is 0 Å². The summed E-state index contributed by atoms with van der Waals surface area (Å²) in [5.41, 5.74) is -2.53. The zero-order valence-electron chi connectivity index (χ0n) is 12.6. The Bertz CT molecular complexity index is 733. The highest BCUT2D eigenvalue weighted by Crippen LogP contribution is 2.39. The Morgan fingerprint density at radius 3 is 1.72 bits per heavy atom. The molecule has 1 N–H and O–H groups in total. The Hall–Kier alpha value is -2.71. The van der Waals surface area contributed by atoms with Crippen LogP contribution in [0.15, 0.2) is 42.5 Å². The molecule has 134 valence electrons. The molecule has 0 atom stereocenters. The lowest BCUT2D eigenvalue weighted by Gasteiger charge is -2.15. The van der Waals surface area contributed by atoms with Gasteiger partial charge in [0, 0.05) is 12.6 Å². The van der Waals surface area contributed by atoms with Gasteiger partial charge in [0.05, 0.1) is 11.1 Å². The smallest absolute Gasteiger partial charge is 0.416 e. The zero-order chi connectivity index (χ0) is 18.8. The third kappa shape index (κ3) is 5.13. The molecule has 0 saturated heterocycles. The number of anilines is 1. The Morgan fingerprint density at radius 1 is 0.840 bits per heavy atom. The number of carbonyl (C=O) groups is 1. The highest BCUT2D eigenvalue weighted by molar-refractivity contribution is 5.88. The van der Waals surface area contributed by atoms with Gasteiger partial charge in [0.25, 0.3) is 0 Å². The minimum atomic E-state index is -4.95. The van der Waals surface area contributed by atoms with E-state index in [9.17, 15) is 31.1 Å². The Labute approximate surface area is 138 Å². The second-order valence-corrected chi connectivity index (χ2v) is 5.05. The molecule has 0 aliphatic heterocycles. The van der Waals surface area contributed by atoms with Crippen molar-refractivity contribution >= 4 is 11.6 Å². The van der Waals surface area contributed by atoms with Gasteiger partial charge in [-0.1, -0.05) is 0 Å². The van der Waals surface area contributed by atoms with Crippen LogP contribution in [0.3, 0.4) is 0 Å². The van der Waals surface area contributed by atoms with Crippen LogP contribution in [0.1, 0.15) is 18.1 Å². The maximum absolute atomic E-state index is 12.8. The van der Waals surface area contributed by atoms with Gasteiger partial charge in [-0.3, -0.25) is 4.79 Å². The van der Waals surface area contributed by atoms with Crippen molar-refractivity contribution in [2.24, 2.45) is 0 Å². The molecule has 0 heterocycles. The van der Waals surface area contributed by atoms with Crippen molar-refractivity contribution in [2.75, 3.05) is 5.32 Å². The molecule has 2 aromatic rings. The van der Waals surface area contributed by atoms with Crippen LogP contribution in [-0.2, 0) is 17.1 Å². The molecule has 0 unspecified atom stereocenters. The van der Waals surface area contributed by atoms with Crippen molar-refractivity contribution < 1.29 is 35.9 Å². The second kappa shape index (κ2) is 6.66. The van der Waals surface area contributed by atoms with Crippen molar-refractivity contribution in [1.29, 1.82) is 0 Å². The summed E-state index contributed by atoms with van der Waals surface area (Å²) in [6.45, 7) is 1.28. The minimum absolute atomic E-state index is 0.0153. The van der Waals surface area contributed by atoms with E-state index in [0.717, 1.165) is 0 Å². The monoisotopic (exact) mass is 363 g/mol. The quantitative estimate of drug-likeness (QED) is 0.734. The van der Waals surface area contributed by atoms with Gasteiger partial charge in [0.1, 0.15) is 11.5 Å². The number of amides is 1. The molecule has 0 spiro atoms. The maximum atomic E-state index is 12.8. The van der Waals surface area contributed by atoms with Gasteiger partial charge < -0.3 is 10.1 Å². The number of benzene rings is 2. The van der Waals surface area contributed by atoms with Crippen LogP contribution in [0.2, 0.25) is 0 Å². The van der Waals surface area contributed by atoms with Gasteiger partial charge in [-0.25, -0.2) is 0 Å². The molecule has 3 nitrogen and oxygen atoms in total. The lowest BCUT2D eigenvalue weighted by atomic mass is 10.1.